The molecule has 3 N–H and O–H groups in total. The maximum atomic E-state index is 12.4. The molecule has 1 saturated carbocycles. The van der Waals surface area contributed by atoms with Crippen molar-refractivity contribution in [2.45, 2.75) is 40.5 Å². The molecule has 0 aliphatic heterocycles. The number of carbonyl (C=O) groups excluding carboxylic acids is 2. The van der Waals surface area contributed by atoms with Crippen LogP contribution in [0.2, 0.25) is 0 Å². The first-order valence-corrected chi connectivity index (χ1v) is 9.37. The molecule has 0 unspecified atom stereocenters. The summed E-state index contributed by atoms with van der Waals surface area (Å²) in [6.45, 7) is 8.23. The minimum atomic E-state index is -0.122. The van der Waals surface area contributed by atoms with Gasteiger partial charge in [-0.1, -0.05) is 23.8 Å². The van der Waals surface area contributed by atoms with Gasteiger partial charge < -0.3 is 16.0 Å². The van der Waals surface area contributed by atoms with Crippen molar-refractivity contribution in [2.24, 2.45) is 5.92 Å². The van der Waals surface area contributed by atoms with Crippen molar-refractivity contribution in [3.05, 3.63) is 52.6 Å². The van der Waals surface area contributed by atoms with E-state index in [1.807, 2.05) is 39.0 Å². The zero-order chi connectivity index (χ0) is 19.6. The fraction of sp³-hybridized carbons (Fsp3) is 0.364. The number of aryl methyl sites for hydroxylation is 3. The highest BCUT2D eigenvalue weighted by Crippen LogP contribution is 2.31. The minimum Gasteiger partial charge on any atom is -0.376 e. The third kappa shape index (κ3) is 4.67. The maximum Gasteiger partial charge on any atom is 0.243 e. The summed E-state index contributed by atoms with van der Waals surface area (Å²) in [5.41, 5.74) is 6.79. The summed E-state index contributed by atoms with van der Waals surface area (Å²) >= 11 is 0. The Kier molecular flexibility index (Phi) is 5.49. The van der Waals surface area contributed by atoms with Gasteiger partial charge in [0.25, 0.3) is 0 Å². The normalized spacial score (nSPS) is 13.2. The van der Waals surface area contributed by atoms with Crippen LogP contribution in [0.3, 0.4) is 0 Å². The third-order valence-corrected chi connectivity index (χ3v) is 4.92. The Balaban J connectivity index is 1.63. The molecule has 0 spiro atoms. The largest absolute Gasteiger partial charge is 0.376 e. The molecule has 0 radical (unpaired) electrons. The van der Waals surface area contributed by atoms with E-state index in [2.05, 4.69) is 35.0 Å². The Morgan fingerprint density at radius 2 is 1.56 bits per heavy atom. The first-order chi connectivity index (χ1) is 12.8. The summed E-state index contributed by atoms with van der Waals surface area (Å²) in [4.78, 5) is 24.4. The summed E-state index contributed by atoms with van der Waals surface area (Å²) in [7, 11) is 0. The molecule has 2 aromatic carbocycles. The average Bonchev–Trinajstić information content (AvgIpc) is 3.42. The zero-order valence-corrected chi connectivity index (χ0v) is 16.4. The van der Waals surface area contributed by atoms with Crippen LogP contribution in [0.4, 0.5) is 17.1 Å². The number of rotatable bonds is 6. The molecule has 0 atom stereocenters. The molecule has 0 bridgehead atoms. The standard InChI is InChI=1S/C22H27N3O2/c1-13-10-14(2)21(15(3)11-13)23-12-20(26)24-18-6-5-7-19(16(18)4)25-22(27)17-8-9-17/h5-7,10-11,17,23H,8-9,12H2,1-4H3,(H,24,26)(H,25,27). The van der Waals surface area contributed by atoms with Crippen LogP contribution < -0.4 is 16.0 Å². The Morgan fingerprint density at radius 1 is 0.963 bits per heavy atom. The number of amides is 2. The lowest BCUT2D eigenvalue weighted by Gasteiger charge is -2.16. The van der Waals surface area contributed by atoms with Gasteiger partial charge in [0.2, 0.25) is 11.8 Å². The Bertz CT molecular complexity index is 862. The maximum absolute atomic E-state index is 12.4. The highest BCUT2D eigenvalue weighted by molar-refractivity contribution is 5.98. The van der Waals surface area contributed by atoms with E-state index in [9.17, 15) is 9.59 Å². The molecule has 2 aromatic rings. The molecule has 5 heteroatoms. The van der Waals surface area contributed by atoms with Crippen molar-refractivity contribution in [3.8, 4) is 0 Å². The van der Waals surface area contributed by atoms with E-state index in [1.54, 1.807) is 0 Å². The molecular formula is C22H27N3O2. The van der Waals surface area contributed by atoms with E-state index in [-0.39, 0.29) is 24.3 Å². The van der Waals surface area contributed by atoms with Crippen molar-refractivity contribution in [3.63, 3.8) is 0 Å². The van der Waals surface area contributed by atoms with Gasteiger partial charge in [-0.05, 0) is 69.4 Å². The number of nitrogens with one attached hydrogen (secondary N) is 3. The van der Waals surface area contributed by atoms with Crippen LogP contribution in [-0.2, 0) is 9.59 Å². The second kappa shape index (κ2) is 7.82. The summed E-state index contributed by atoms with van der Waals surface area (Å²) in [5, 5.41) is 9.13. The Hall–Kier alpha value is -2.82. The van der Waals surface area contributed by atoms with Crippen molar-refractivity contribution < 1.29 is 9.59 Å². The molecule has 5 nitrogen and oxygen atoms in total. The van der Waals surface area contributed by atoms with E-state index in [1.165, 1.54) is 5.56 Å². The topological polar surface area (TPSA) is 70.2 Å². The molecule has 2 amide bonds. The first-order valence-electron chi connectivity index (χ1n) is 9.37. The van der Waals surface area contributed by atoms with Crippen LogP contribution in [0, 0.1) is 33.6 Å². The molecular weight excluding hydrogens is 338 g/mol. The quantitative estimate of drug-likeness (QED) is 0.714. The first kappa shape index (κ1) is 19.0. The SMILES string of the molecule is Cc1cc(C)c(NCC(=O)Nc2cccc(NC(=O)C3CC3)c2C)c(C)c1. The van der Waals surface area contributed by atoms with Gasteiger partial charge in [0.05, 0.1) is 6.54 Å². The van der Waals surface area contributed by atoms with Crippen molar-refractivity contribution in [1.29, 1.82) is 0 Å². The molecule has 1 aliphatic rings. The molecule has 1 fully saturated rings. The van der Waals surface area contributed by atoms with Gasteiger partial charge in [0.15, 0.2) is 0 Å². The fourth-order valence-corrected chi connectivity index (χ4v) is 3.31. The second-order valence-electron chi connectivity index (χ2n) is 7.42. The molecule has 0 heterocycles. The second-order valence-corrected chi connectivity index (χ2v) is 7.42. The fourth-order valence-electron chi connectivity index (χ4n) is 3.31. The molecule has 0 aromatic heterocycles. The monoisotopic (exact) mass is 365 g/mol. The van der Waals surface area contributed by atoms with Crippen LogP contribution in [0.15, 0.2) is 30.3 Å². The molecule has 27 heavy (non-hydrogen) atoms. The van der Waals surface area contributed by atoms with E-state index in [4.69, 9.17) is 0 Å². The highest BCUT2D eigenvalue weighted by atomic mass is 16.2. The predicted molar refractivity (Wildman–Crippen MR) is 110 cm³/mol. The Morgan fingerprint density at radius 3 is 2.15 bits per heavy atom. The van der Waals surface area contributed by atoms with E-state index in [0.717, 1.165) is 40.9 Å². The number of hydrogen-bond donors (Lipinski definition) is 3. The van der Waals surface area contributed by atoms with E-state index in [0.29, 0.717) is 5.69 Å². The minimum absolute atomic E-state index is 0.0635. The van der Waals surface area contributed by atoms with Crippen LogP contribution in [0.5, 0.6) is 0 Å². The number of benzene rings is 2. The van der Waals surface area contributed by atoms with Crippen molar-refractivity contribution >= 4 is 28.9 Å². The van der Waals surface area contributed by atoms with Crippen molar-refractivity contribution in [1.82, 2.24) is 0 Å². The smallest absolute Gasteiger partial charge is 0.243 e. The van der Waals surface area contributed by atoms with Crippen molar-refractivity contribution in [2.75, 3.05) is 22.5 Å². The number of hydrogen-bond acceptors (Lipinski definition) is 3. The van der Waals surface area contributed by atoms with E-state index >= 15 is 0 Å². The molecule has 142 valence electrons. The van der Waals surface area contributed by atoms with Gasteiger partial charge >= 0.3 is 0 Å². The summed E-state index contributed by atoms with van der Waals surface area (Å²) < 4.78 is 0. The zero-order valence-electron chi connectivity index (χ0n) is 16.4. The van der Waals surface area contributed by atoms with Gasteiger partial charge in [-0.2, -0.15) is 0 Å². The van der Waals surface area contributed by atoms with E-state index < -0.39 is 0 Å². The lowest BCUT2D eigenvalue weighted by atomic mass is 10.1. The number of carbonyl (C=O) groups is 2. The van der Waals surface area contributed by atoms with Gasteiger partial charge in [0, 0.05) is 23.0 Å². The Labute approximate surface area is 160 Å². The predicted octanol–water partition coefficient (Wildman–Crippen LogP) is 4.32. The van der Waals surface area contributed by atoms with Crippen LogP contribution >= 0.6 is 0 Å². The summed E-state index contributed by atoms with van der Waals surface area (Å²) in [6.07, 6.45) is 1.93. The van der Waals surface area contributed by atoms with Gasteiger partial charge in [-0.25, -0.2) is 0 Å². The highest BCUT2D eigenvalue weighted by Gasteiger charge is 2.29. The average molecular weight is 365 g/mol. The van der Waals surface area contributed by atoms with Crippen LogP contribution in [-0.4, -0.2) is 18.4 Å². The lowest BCUT2D eigenvalue weighted by molar-refractivity contribution is -0.117. The molecule has 3 rings (SSSR count). The third-order valence-electron chi connectivity index (χ3n) is 4.92. The summed E-state index contributed by atoms with van der Waals surface area (Å²) in [6, 6.07) is 9.75. The lowest BCUT2D eigenvalue weighted by Crippen LogP contribution is -2.23. The van der Waals surface area contributed by atoms with Gasteiger partial charge in [-0.3, -0.25) is 9.59 Å². The van der Waals surface area contributed by atoms with Gasteiger partial charge in [0.1, 0.15) is 0 Å². The summed E-state index contributed by atoms with van der Waals surface area (Å²) in [5.74, 6) is 0.0875. The van der Waals surface area contributed by atoms with Gasteiger partial charge in [-0.15, -0.1) is 0 Å². The molecule has 0 saturated heterocycles. The van der Waals surface area contributed by atoms with Crippen LogP contribution in [0.1, 0.15) is 35.1 Å². The molecule has 1 aliphatic carbocycles. The number of anilines is 3. The van der Waals surface area contributed by atoms with Crippen LogP contribution in [0.25, 0.3) is 0 Å².